The molecule has 3 nitrogen and oxygen atoms in total. The van der Waals surface area contributed by atoms with Crippen molar-refractivity contribution in [1.29, 1.82) is 0 Å². The Balaban J connectivity index is 1.95. The van der Waals surface area contributed by atoms with Crippen LogP contribution < -0.4 is 0 Å². The summed E-state index contributed by atoms with van der Waals surface area (Å²) in [5, 5.41) is 5.55. The van der Waals surface area contributed by atoms with Crippen molar-refractivity contribution in [2.24, 2.45) is 0 Å². The largest absolute Gasteiger partial charge is 0.283 e. The lowest BCUT2D eigenvalue weighted by Gasteiger charge is -2.16. The minimum absolute atomic E-state index is 0.654. The van der Waals surface area contributed by atoms with E-state index in [1.807, 2.05) is 25.2 Å². The van der Waals surface area contributed by atoms with Gasteiger partial charge in [-0.2, -0.15) is 5.10 Å². The second-order valence-corrected chi connectivity index (χ2v) is 4.86. The van der Waals surface area contributed by atoms with Gasteiger partial charge in [0.05, 0.1) is 17.9 Å². The molecule has 90 valence electrons. The zero-order valence-corrected chi connectivity index (χ0v) is 11.0. The van der Waals surface area contributed by atoms with Gasteiger partial charge in [0.25, 0.3) is 0 Å². The van der Waals surface area contributed by atoms with Crippen molar-refractivity contribution in [2.45, 2.75) is 13.2 Å². The van der Waals surface area contributed by atoms with Crippen molar-refractivity contribution < 1.29 is 0 Å². The maximum Gasteiger partial charge on any atom is 0.0929 e. The normalized spacial score (nSPS) is 11.1. The Hall–Kier alpha value is -1.03. The highest BCUT2D eigenvalue weighted by molar-refractivity contribution is 6.30. The van der Waals surface area contributed by atoms with Crippen LogP contribution in [0.2, 0.25) is 10.0 Å². The summed E-state index contributed by atoms with van der Waals surface area (Å²) in [4.78, 5) is 2.13. The summed E-state index contributed by atoms with van der Waals surface area (Å²) in [6.07, 6.45) is 3.44. The standard InChI is InChI=1S/C12H13Cl2N3/c1-16(9-17-8-12(14)6-15-17)7-10-3-2-4-11(13)5-10/h2-6,8H,7,9H2,1H3. The first-order valence-corrected chi connectivity index (χ1v) is 6.00. The molecular formula is C12H13Cl2N3. The predicted molar refractivity (Wildman–Crippen MR) is 70.2 cm³/mol. The van der Waals surface area contributed by atoms with Crippen LogP contribution in [0, 0.1) is 0 Å². The molecule has 0 unspecified atom stereocenters. The third-order valence-electron chi connectivity index (χ3n) is 2.33. The average molecular weight is 270 g/mol. The first-order chi connectivity index (χ1) is 8.13. The van der Waals surface area contributed by atoms with Gasteiger partial charge >= 0.3 is 0 Å². The monoisotopic (exact) mass is 269 g/mol. The lowest BCUT2D eigenvalue weighted by molar-refractivity contribution is 0.246. The van der Waals surface area contributed by atoms with Gasteiger partial charge in [-0.3, -0.25) is 9.58 Å². The zero-order chi connectivity index (χ0) is 12.3. The molecule has 0 radical (unpaired) electrons. The Bertz CT molecular complexity index is 496. The number of rotatable bonds is 4. The SMILES string of the molecule is CN(Cc1cccc(Cl)c1)Cn1cc(Cl)cn1. The van der Waals surface area contributed by atoms with Crippen LogP contribution in [0.4, 0.5) is 0 Å². The van der Waals surface area contributed by atoms with Crippen LogP contribution in [0.5, 0.6) is 0 Å². The Labute approximate surface area is 111 Å². The second kappa shape index (κ2) is 5.54. The molecule has 17 heavy (non-hydrogen) atoms. The van der Waals surface area contributed by atoms with Crippen LogP contribution >= 0.6 is 23.2 Å². The Morgan fingerprint density at radius 1 is 1.29 bits per heavy atom. The van der Waals surface area contributed by atoms with Gasteiger partial charge in [-0.15, -0.1) is 0 Å². The summed E-state index contributed by atoms with van der Waals surface area (Å²) in [6, 6.07) is 7.85. The highest BCUT2D eigenvalue weighted by atomic mass is 35.5. The van der Waals surface area contributed by atoms with E-state index in [0.717, 1.165) is 11.6 Å². The molecule has 0 saturated carbocycles. The quantitative estimate of drug-likeness (QED) is 0.850. The van der Waals surface area contributed by atoms with Gasteiger partial charge in [0.2, 0.25) is 0 Å². The van der Waals surface area contributed by atoms with E-state index in [9.17, 15) is 0 Å². The molecule has 0 atom stereocenters. The van der Waals surface area contributed by atoms with Gasteiger partial charge in [-0.25, -0.2) is 0 Å². The van der Waals surface area contributed by atoms with Crippen LogP contribution in [0.3, 0.4) is 0 Å². The molecule has 0 aliphatic heterocycles. The van der Waals surface area contributed by atoms with Gasteiger partial charge in [0.15, 0.2) is 0 Å². The fourth-order valence-electron chi connectivity index (χ4n) is 1.66. The van der Waals surface area contributed by atoms with Crippen LogP contribution in [0.25, 0.3) is 0 Å². The number of nitrogens with zero attached hydrogens (tertiary/aromatic N) is 3. The highest BCUT2D eigenvalue weighted by Gasteiger charge is 2.03. The zero-order valence-electron chi connectivity index (χ0n) is 9.48. The fourth-order valence-corrected chi connectivity index (χ4v) is 2.03. The summed E-state index contributed by atoms with van der Waals surface area (Å²) in [6.45, 7) is 1.51. The Morgan fingerprint density at radius 2 is 2.12 bits per heavy atom. The molecule has 1 heterocycles. The number of halogens is 2. The number of benzene rings is 1. The van der Waals surface area contributed by atoms with Crippen molar-refractivity contribution in [3.8, 4) is 0 Å². The summed E-state index contributed by atoms with van der Waals surface area (Å²) in [5.74, 6) is 0. The third kappa shape index (κ3) is 3.73. The van der Waals surface area contributed by atoms with E-state index in [2.05, 4.69) is 16.1 Å². The molecule has 0 N–H and O–H groups in total. The second-order valence-electron chi connectivity index (χ2n) is 3.98. The summed E-state index contributed by atoms with van der Waals surface area (Å²) >= 11 is 11.7. The molecule has 5 heteroatoms. The van der Waals surface area contributed by atoms with E-state index in [0.29, 0.717) is 11.7 Å². The summed E-state index contributed by atoms with van der Waals surface area (Å²) in [5.41, 5.74) is 1.18. The first kappa shape index (κ1) is 12.4. The molecule has 1 aromatic carbocycles. The molecule has 0 fully saturated rings. The van der Waals surface area contributed by atoms with Gasteiger partial charge in [-0.05, 0) is 24.7 Å². The van der Waals surface area contributed by atoms with E-state index in [-0.39, 0.29) is 0 Å². The number of hydrogen-bond donors (Lipinski definition) is 0. The Kier molecular flexibility index (Phi) is 4.05. The molecule has 0 bridgehead atoms. The van der Waals surface area contributed by atoms with Crippen LogP contribution in [0.15, 0.2) is 36.7 Å². The van der Waals surface area contributed by atoms with Gasteiger partial charge in [0, 0.05) is 17.8 Å². The molecule has 2 aromatic rings. The summed E-state index contributed by atoms with van der Waals surface area (Å²) in [7, 11) is 2.02. The summed E-state index contributed by atoms with van der Waals surface area (Å²) < 4.78 is 1.80. The van der Waals surface area contributed by atoms with Crippen LogP contribution in [-0.2, 0) is 13.2 Å². The van der Waals surface area contributed by atoms with Crippen LogP contribution in [-0.4, -0.2) is 21.7 Å². The number of aromatic nitrogens is 2. The third-order valence-corrected chi connectivity index (χ3v) is 2.76. The maximum atomic E-state index is 5.94. The van der Waals surface area contributed by atoms with Crippen molar-refractivity contribution in [1.82, 2.24) is 14.7 Å². The lowest BCUT2D eigenvalue weighted by Crippen LogP contribution is -2.21. The minimum atomic E-state index is 0.654. The van der Waals surface area contributed by atoms with Crippen molar-refractivity contribution in [3.63, 3.8) is 0 Å². The minimum Gasteiger partial charge on any atom is -0.283 e. The van der Waals surface area contributed by atoms with E-state index >= 15 is 0 Å². The molecular weight excluding hydrogens is 257 g/mol. The van der Waals surface area contributed by atoms with Crippen molar-refractivity contribution in [2.75, 3.05) is 7.05 Å². The van der Waals surface area contributed by atoms with Crippen molar-refractivity contribution >= 4 is 23.2 Å². The van der Waals surface area contributed by atoms with E-state index in [4.69, 9.17) is 23.2 Å². The topological polar surface area (TPSA) is 21.1 Å². The predicted octanol–water partition coefficient (Wildman–Crippen LogP) is 3.28. The lowest BCUT2D eigenvalue weighted by atomic mass is 10.2. The maximum absolute atomic E-state index is 5.94. The number of hydrogen-bond acceptors (Lipinski definition) is 2. The average Bonchev–Trinajstić information content (AvgIpc) is 2.63. The van der Waals surface area contributed by atoms with Gasteiger partial charge in [-0.1, -0.05) is 35.3 Å². The van der Waals surface area contributed by atoms with E-state index < -0.39 is 0 Å². The fraction of sp³-hybridized carbons (Fsp3) is 0.250. The van der Waals surface area contributed by atoms with Crippen LogP contribution in [0.1, 0.15) is 5.56 Å². The molecule has 2 rings (SSSR count). The molecule has 0 amide bonds. The van der Waals surface area contributed by atoms with Gasteiger partial charge < -0.3 is 0 Å². The molecule has 0 aliphatic rings. The van der Waals surface area contributed by atoms with E-state index in [1.165, 1.54) is 5.56 Å². The van der Waals surface area contributed by atoms with Crippen molar-refractivity contribution in [3.05, 3.63) is 52.3 Å². The highest BCUT2D eigenvalue weighted by Crippen LogP contribution is 2.12. The molecule has 0 spiro atoms. The first-order valence-electron chi connectivity index (χ1n) is 5.24. The smallest absolute Gasteiger partial charge is 0.0929 e. The molecule has 0 aliphatic carbocycles. The molecule has 0 saturated heterocycles. The Morgan fingerprint density at radius 3 is 2.76 bits per heavy atom. The van der Waals surface area contributed by atoms with E-state index in [1.54, 1.807) is 17.1 Å². The van der Waals surface area contributed by atoms with Gasteiger partial charge in [0.1, 0.15) is 0 Å². The molecule has 1 aromatic heterocycles.